The molecule has 2 aromatic rings. The van der Waals surface area contributed by atoms with Gasteiger partial charge in [0.25, 0.3) is 0 Å². The molecule has 1 heteroatoms. The van der Waals surface area contributed by atoms with E-state index < -0.39 is 0 Å². The number of ether oxygens (including phenoxy) is 1. The van der Waals surface area contributed by atoms with Crippen molar-refractivity contribution in [2.75, 3.05) is 13.2 Å². The Morgan fingerprint density at radius 3 is 0.887 bits per heavy atom. The number of hydrogen-bond acceptors (Lipinski definition) is 1. The molecule has 2 aromatic carbocycles. The molecule has 0 unspecified atom stereocenters. The molecule has 0 radical (unpaired) electrons. The van der Waals surface area contributed by atoms with Crippen molar-refractivity contribution in [3.05, 3.63) is 82.9 Å². The lowest BCUT2D eigenvalue weighted by Crippen LogP contribution is -2.17. The van der Waals surface area contributed by atoms with E-state index in [4.69, 9.17) is 4.74 Å². The minimum Gasteiger partial charge on any atom is -0.373 e. The molecule has 4 fully saturated rings. The zero-order chi connectivity index (χ0) is 49.6. The van der Waals surface area contributed by atoms with Crippen LogP contribution >= 0.6 is 0 Å². The minimum atomic E-state index is 0.658. The van der Waals surface area contributed by atoms with Gasteiger partial charge in [0.1, 0.15) is 0 Å². The Bertz CT molecular complexity index is 1540. The molecule has 4 aliphatic carbocycles. The average Bonchev–Trinajstić information content (AvgIpc) is 3.41. The van der Waals surface area contributed by atoms with Crippen LogP contribution in [0.15, 0.2) is 60.7 Å². The molecule has 0 atom stereocenters. The summed E-state index contributed by atoms with van der Waals surface area (Å²) in [5, 5.41) is 0. The maximum Gasteiger partial charge on any atom is 0.0657 e. The number of rotatable bonds is 34. The lowest BCUT2D eigenvalue weighted by molar-refractivity contribution is 0.193. The third kappa shape index (κ3) is 21.2. The number of benzene rings is 2. The standard InChI is InChI=1S/C70H114O/c1-5-9-13-17-21-25-57-29-37-61(38-30-57)63-45-49-67(50-46-63)69(65-41-33-59(34-42-65)27-23-19-15-11-7-3)53-55-71-56-54-70(66-43-35-60(36-44-66)28-24-20-16-12-8-4)68-51-47-64(48-52-68)62-39-31-58(32-40-62)26-22-18-14-10-6-2/h45-54,57-62,65-66H,5-44,55-56H2,1-4H3. The maximum atomic E-state index is 6.73. The predicted octanol–water partition coefficient (Wildman–Crippen LogP) is 22.8. The molecular formula is C70H114O. The van der Waals surface area contributed by atoms with Gasteiger partial charge in [0.2, 0.25) is 0 Å². The highest BCUT2D eigenvalue weighted by molar-refractivity contribution is 5.69. The van der Waals surface area contributed by atoms with Crippen LogP contribution in [-0.4, -0.2) is 13.2 Å². The third-order valence-corrected chi connectivity index (χ3v) is 19.4. The van der Waals surface area contributed by atoms with Gasteiger partial charge in [-0.25, -0.2) is 0 Å². The average molecular weight is 972 g/mol. The van der Waals surface area contributed by atoms with E-state index in [1.165, 1.54) is 268 Å². The van der Waals surface area contributed by atoms with Crippen molar-refractivity contribution in [3.8, 4) is 0 Å². The summed E-state index contributed by atoms with van der Waals surface area (Å²) in [4.78, 5) is 0. The van der Waals surface area contributed by atoms with Crippen LogP contribution in [0, 0.1) is 35.5 Å². The van der Waals surface area contributed by atoms with Gasteiger partial charge >= 0.3 is 0 Å². The van der Waals surface area contributed by atoms with E-state index in [9.17, 15) is 0 Å². The first-order chi connectivity index (χ1) is 35.1. The second kappa shape index (κ2) is 35.2. The van der Waals surface area contributed by atoms with Crippen LogP contribution in [0.2, 0.25) is 0 Å². The molecule has 0 amide bonds. The van der Waals surface area contributed by atoms with Crippen LogP contribution in [0.5, 0.6) is 0 Å². The Hall–Kier alpha value is -2.12. The van der Waals surface area contributed by atoms with Crippen molar-refractivity contribution in [1.82, 2.24) is 0 Å². The van der Waals surface area contributed by atoms with E-state index in [2.05, 4.69) is 88.4 Å². The lowest BCUT2D eigenvalue weighted by atomic mass is 9.74. The van der Waals surface area contributed by atoms with Gasteiger partial charge in [0.15, 0.2) is 0 Å². The van der Waals surface area contributed by atoms with Gasteiger partial charge in [0.05, 0.1) is 13.2 Å². The van der Waals surface area contributed by atoms with Crippen LogP contribution in [0.3, 0.4) is 0 Å². The van der Waals surface area contributed by atoms with Gasteiger partial charge in [-0.3, -0.25) is 0 Å². The van der Waals surface area contributed by atoms with E-state index in [1.54, 1.807) is 22.3 Å². The Morgan fingerprint density at radius 1 is 0.338 bits per heavy atom. The summed E-state index contributed by atoms with van der Waals surface area (Å²) in [6.45, 7) is 10.8. The molecule has 71 heavy (non-hydrogen) atoms. The molecule has 4 aliphatic rings. The fourth-order valence-electron chi connectivity index (χ4n) is 14.5. The van der Waals surface area contributed by atoms with Gasteiger partial charge in [-0.1, -0.05) is 242 Å². The van der Waals surface area contributed by atoms with Crippen LogP contribution < -0.4 is 0 Å². The molecule has 0 spiro atoms. The van der Waals surface area contributed by atoms with Crippen molar-refractivity contribution < 1.29 is 4.74 Å². The SMILES string of the molecule is CCCCCCCC1CCC(C(=CCOCC=C(c2ccc(C3CCC(CCCCCCC)CC3)cc2)C2CCC(CCCCCCC)CC2)c2ccc(C3CCC(CCCCCCC)CC3)cc2)CC1. The van der Waals surface area contributed by atoms with Gasteiger partial charge in [-0.15, -0.1) is 0 Å². The highest BCUT2D eigenvalue weighted by Gasteiger charge is 2.28. The first kappa shape index (κ1) is 58.1. The normalized spacial score (nSPS) is 25.7. The summed E-state index contributed by atoms with van der Waals surface area (Å²) in [5.41, 5.74) is 9.29. The Kier molecular flexibility index (Phi) is 28.8. The molecule has 4 saturated carbocycles. The van der Waals surface area contributed by atoms with Crippen molar-refractivity contribution >= 4 is 11.1 Å². The largest absolute Gasteiger partial charge is 0.373 e. The molecular weight excluding hydrogens is 857 g/mol. The second-order valence-corrected chi connectivity index (χ2v) is 24.8. The zero-order valence-corrected chi connectivity index (χ0v) is 47.5. The fourth-order valence-corrected chi connectivity index (χ4v) is 14.5. The summed E-state index contributed by atoms with van der Waals surface area (Å²) in [5.74, 6) is 6.63. The molecule has 0 aliphatic heterocycles. The summed E-state index contributed by atoms with van der Waals surface area (Å²) < 4.78 is 6.73. The summed E-state index contributed by atoms with van der Waals surface area (Å²) in [7, 11) is 0. The van der Waals surface area contributed by atoms with Crippen LogP contribution in [0.25, 0.3) is 11.1 Å². The van der Waals surface area contributed by atoms with Crippen molar-refractivity contribution in [3.63, 3.8) is 0 Å². The lowest BCUT2D eigenvalue weighted by Gasteiger charge is -2.31. The maximum absolute atomic E-state index is 6.73. The quantitative estimate of drug-likeness (QED) is 0.0635. The predicted molar refractivity (Wildman–Crippen MR) is 313 cm³/mol. The molecule has 400 valence electrons. The Balaban J connectivity index is 1.08. The molecule has 0 N–H and O–H groups in total. The third-order valence-electron chi connectivity index (χ3n) is 19.4. The molecule has 6 rings (SSSR count). The topological polar surface area (TPSA) is 9.23 Å². The van der Waals surface area contributed by atoms with E-state index in [0.29, 0.717) is 25.0 Å². The van der Waals surface area contributed by atoms with Crippen molar-refractivity contribution in [1.29, 1.82) is 0 Å². The smallest absolute Gasteiger partial charge is 0.0657 e. The van der Waals surface area contributed by atoms with Gasteiger partial charge < -0.3 is 4.74 Å². The molecule has 0 saturated heterocycles. The summed E-state index contributed by atoms with van der Waals surface area (Å²) >= 11 is 0. The second-order valence-electron chi connectivity index (χ2n) is 24.8. The Morgan fingerprint density at radius 2 is 0.606 bits per heavy atom. The van der Waals surface area contributed by atoms with E-state index >= 15 is 0 Å². The van der Waals surface area contributed by atoms with Gasteiger partial charge in [-0.05, 0) is 183 Å². The van der Waals surface area contributed by atoms with Crippen LogP contribution in [-0.2, 0) is 4.74 Å². The van der Waals surface area contributed by atoms with Crippen molar-refractivity contribution in [2.45, 2.75) is 296 Å². The minimum absolute atomic E-state index is 0.658. The first-order valence-corrected chi connectivity index (χ1v) is 32.3. The van der Waals surface area contributed by atoms with Crippen LogP contribution in [0.1, 0.15) is 319 Å². The molecule has 0 aromatic heterocycles. The Labute approximate surface area is 441 Å². The first-order valence-electron chi connectivity index (χ1n) is 32.3. The summed E-state index contributed by atoms with van der Waals surface area (Å²) in [6, 6.07) is 20.2. The van der Waals surface area contributed by atoms with E-state index in [0.717, 1.165) is 35.5 Å². The van der Waals surface area contributed by atoms with Gasteiger partial charge in [0, 0.05) is 0 Å². The number of unbranched alkanes of at least 4 members (excludes halogenated alkanes) is 16. The number of hydrogen-bond donors (Lipinski definition) is 0. The molecule has 0 bridgehead atoms. The molecule has 0 heterocycles. The highest BCUT2D eigenvalue weighted by Crippen LogP contribution is 2.44. The van der Waals surface area contributed by atoms with E-state index in [1.807, 2.05) is 0 Å². The van der Waals surface area contributed by atoms with E-state index in [-0.39, 0.29) is 0 Å². The monoisotopic (exact) mass is 971 g/mol. The van der Waals surface area contributed by atoms with Gasteiger partial charge in [-0.2, -0.15) is 0 Å². The number of allylic oxidation sites excluding steroid dienone is 2. The highest BCUT2D eigenvalue weighted by atomic mass is 16.5. The van der Waals surface area contributed by atoms with Crippen molar-refractivity contribution in [2.24, 2.45) is 35.5 Å². The zero-order valence-electron chi connectivity index (χ0n) is 47.5. The molecule has 1 nitrogen and oxygen atoms in total. The van der Waals surface area contributed by atoms with Crippen LogP contribution in [0.4, 0.5) is 0 Å². The fraction of sp³-hybridized carbons (Fsp3) is 0.771. The summed E-state index contributed by atoms with van der Waals surface area (Å²) in [6.07, 6.45) is 61.5.